The summed E-state index contributed by atoms with van der Waals surface area (Å²) in [6, 6.07) is 0. The minimum atomic E-state index is -0.981. The summed E-state index contributed by atoms with van der Waals surface area (Å²) in [5.74, 6) is -2.94. The standard InChI is InChI=1S/C12H26O7.C6H14O3.3C3H4O2/c13-1-3-15-5-7-17-9-11-19-12-10-18-8-6-16-4-2-14;1-2-6(3-7,4-8)5-9;3*1-2-3(4)5/h13-14H,1-12H2;7-9H,2-5H2,1H3;3*2H,1H2,(H,4,5). The van der Waals surface area contributed by atoms with E-state index >= 15 is 0 Å². The molecule has 0 aromatic rings. The molecule has 0 spiro atoms. The van der Waals surface area contributed by atoms with Crippen molar-refractivity contribution in [1.82, 2.24) is 0 Å². The van der Waals surface area contributed by atoms with E-state index in [4.69, 9.17) is 64.5 Å². The van der Waals surface area contributed by atoms with Gasteiger partial charge in [-0.1, -0.05) is 26.7 Å². The molecule has 0 fully saturated rings. The molecule has 16 heteroatoms. The van der Waals surface area contributed by atoms with Gasteiger partial charge in [-0.05, 0) is 6.42 Å². The lowest BCUT2D eigenvalue weighted by Crippen LogP contribution is -2.32. The molecule has 0 saturated heterocycles. The van der Waals surface area contributed by atoms with E-state index in [1.165, 1.54) is 0 Å². The van der Waals surface area contributed by atoms with Crippen LogP contribution in [0.2, 0.25) is 0 Å². The van der Waals surface area contributed by atoms with Crippen molar-refractivity contribution < 1.29 is 78.9 Å². The second-order valence-corrected chi connectivity index (χ2v) is 7.46. The van der Waals surface area contributed by atoms with E-state index in [0.29, 0.717) is 72.5 Å². The maximum Gasteiger partial charge on any atom is 0.327 e. The Kier molecular flexibility index (Phi) is 50.7. The summed E-state index contributed by atoms with van der Waals surface area (Å²) in [5, 5.41) is 65.7. The number of carboxylic acid groups (broad SMARTS) is 3. The van der Waals surface area contributed by atoms with Crippen molar-refractivity contribution in [1.29, 1.82) is 0 Å². The van der Waals surface area contributed by atoms with E-state index in [0.717, 1.165) is 18.2 Å². The van der Waals surface area contributed by atoms with Gasteiger partial charge < -0.3 is 64.5 Å². The number of rotatable bonds is 23. The molecule has 0 atom stereocenters. The minimum absolute atomic E-state index is 0.0359. The summed E-state index contributed by atoms with van der Waals surface area (Å²) in [4.78, 5) is 27.8. The number of aliphatic hydroxyl groups is 5. The van der Waals surface area contributed by atoms with Crippen LogP contribution < -0.4 is 0 Å². The first-order chi connectivity index (χ1) is 20.5. The zero-order valence-corrected chi connectivity index (χ0v) is 25.0. The Morgan fingerprint density at radius 3 is 0.791 bits per heavy atom. The molecule has 0 aliphatic rings. The second kappa shape index (κ2) is 43.7. The number of aliphatic hydroxyl groups excluding tert-OH is 5. The highest BCUT2D eigenvalue weighted by Crippen LogP contribution is 2.18. The Bertz CT molecular complexity index is 562. The van der Waals surface area contributed by atoms with E-state index in [-0.39, 0.29) is 33.0 Å². The lowest BCUT2D eigenvalue weighted by atomic mass is 9.88. The van der Waals surface area contributed by atoms with Gasteiger partial charge in [0.1, 0.15) is 0 Å². The molecule has 0 rings (SSSR count). The average Bonchev–Trinajstić information content (AvgIpc) is 3.01. The molecule has 0 radical (unpaired) electrons. The number of ether oxygens (including phenoxy) is 5. The number of hydrogen-bond donors (Lipinski definition) is 8. The van der Waals surface area contributed by atoms with Crippen LogP contribution >= 0.6 is 0 Å². The summed E-state index contributed by atoms with van der Waals surface area (Å²) in [7, 11) is 0. The third-order valence-corrected chi connectivity index (χ3v) is 4.24. The fraction of sp³-hybridized carbons (Fsp3) is 0.667. The summed E-state index contributed by atoms with van der Waals surface area (Å²) < 4.78 is 25.8. The van der Waals surface area contributed by atoms with Gasteiger partial charge in [-0.3, -0.25) is 0 Å². The van der Waals surface area contributed by atoms with E-state index in [9.17, 15) is 14.4 Å². The van der Waals surface area contributed by atoms with Crippen molar-refractivity contribution in [2.24, 2.45) is 5.41 Å². The molecular formula is C27H52O16. The predicted octanol–water partition coefficient (Wildman–Crippen LogP) is -0.815. The molecular weight excluding hydrogens is 580 g/mol. The average molecular weight is 633 g/mol. The first-order valence-corrected chi connectivity index (χ1v) is 13.0. The predicted molar refractivity (Wildman–Crippen MR) is 156 cm³/mol. The molecule has 0 aliphatic carbocycles. The fourth-order valence-electron chi connectivity index (χ4n) is 1.60. The van der Waals surface area contributed by atoms with Crippen molar-refractivity contribution in [2.75, 3.05) is 99.1 Å². The molecule has 8 N–H and O–H groups in total. The number of aliphatic carboxylic acids is 3. The Hall–Kier alpha value is -2.77. The summed E-state index contributed by atoms with van der Waals surface area (Å²) in [6.07, 6.45) is 3.09. The fourth-order valence-corrected chi connectivity index (χ4v) is 1.60. The molecule has 16 nitrogen and oxygen atoms in total. The first-order valence-electron chi connectivity index (χ1n) is 13.0. The van der Waals surface area contributed by atoms with Gasteiger partial charge in [-0.25, -0.2) is 14.4 Å². The molecule has 0 aromatic heterocycles. The topological polar surface area (TPSA) is 259 Å². The Morgan fingerprint density at radius 2 is 0.698 bits per heavy atom. The van der Waals surface area contributed by atoms with Crippen LogP contribution in [0.15, 0.2) is 38.0 Å². The maximum atomic E-state index is 9.25. The summed E-state index contributed by atoms with van der Waals surface area (Å²) in [6.45, 7) is 15.0. The van der Waals surface area contributed by atoms with Gasteiger partial charge in [-0.2, -0.15) is 0 Å². The number of carboxylic acids is 3. The Morgan fingerprint density at radius 1 is 0.512 bits per heavy atom. The van der Waals surface area contributed by atoms with Crippen LogP contribution in [0.5, 0.6) is 0 Å². The van der Waals surface area contributed by atoms with E-state index in [1.807, 2.05) is 6.92 Å². The van der Waals surface area contributed by atoms with Crippen LogP contribution in [0, 0.1) is 5.41 Å². The molecule has 0 aromatic carbocycles. The molecule has 43 heavy (non-hydrogen) atoms. The molecule has 0 aliphatic heterocycles. The van der Waals surface area contributed by atoms with Gasteiger partial charge in [-0.15, -0.1) is 0 Å². The molecule has 256 valence electrons. The van der Waals surface area contributed by atoms with Crippen molar-refractivity contribution in [3.63, 3.8) is 0 Å². The lowest BCUT2D eigenvalue weighted by Gasteiger charge is -2.24. The van der Waals surface area contributed by atoms with E-state index in [2.05, 4.69) is 19.7 Å². The van der Waals surface area contributed by atoms with Gasteiger partial charge in [0.05, 0.1) is 99.1 Å². The highest BCUT2D eigenvalue weighted by Gasteiger charge is 2.24. The van der Waals surface area contributed by atoms with Gasteiger partial charge in [0.25, 0.3) is 0 Å². The molecule has 0 saturated carbocycles. The normalized spacial score (nSPS) is 9.63. The Balaban J connectivity index is -0.000000165. The minimum Gasteiger partial charge on any atom is -0.478 e. The lowest BCUT2D eigenvalue weighted by molar-refractivity contribution is -0.132. The molecule has 0 heterocycles. The highest BCUT2D eigenvalue weighted by atomic mass is 16.6. The SMILES string of the molecule is C=CC(=O)O.C=CC(=O)O.C=CC(=O)O.CCC(CO)(CO)CO.OCCOCCOCCOCCOCCOCCO. The smallest absolute Gasteiger partial charge is 0.327 e. The van der Waals surface area contributed by atoms with Crippen LogP contribution in [-0.4, -0.2) is 158 Å². The summed E-state index contributed by atoms with van der Waals surface area (Å²) in [5.41, 5.74) is -0.667. The van der Waals surface area contributed by atoms with Crippen molar-refractivity contribution in [2.45, 2.75) is 13.3 Å². The van der Waals surface area contributed by atoms with Gasteiger partial charge in [0.2, 0.25) is 0 Å². The molecule has 0 amide bonds. The summed E-state index contributed by atoms with van der Waals surface area (Å²) >= 11 is 0. The molecule has 0 unspecified atom stereocenters. The first kappa shape index (κ1) is 49.9. The highest BCUT2D eigenvalue weighted by molar-refractivity contribution is 5.79. The van der Waals surface area contributed by atoms with Crippen molar-refractivity contribution in [3.05, 3.63) is 38.0 Å². The maximum absolute atomic E-state index is 9.25. The van der Waals surface area contributed by atoms with Crippen LogP contribution in [0.1, 0.15) is 13.3 Å². The number of carbonyl (C=O) groups is 3. The quantitative estimate of drug-likeness (QED) is 0.0505. The van der Waals surface area contributed by atoms with E-state index in [1.54, 1.807) is 0 Å². The third-order valence-electron chi connectivity index (χ3n) is 4.24. The largest absolute Gasteiger partial charge is 0.478 e. The van der Waals surface area contributed by atoms with Crippen LogP contribution in [0.25, 0.3) is 0 Å². The monoisotopic (exact) mass is 632 g/mol. The van der Waals surface area contributed by atoms with Gasteiger partial charge in [0, 0.05) is 23.6 Å². The van der Waals surface area contributed by atoms with Gasteiger partial charge in [0.15, 0.2) is 0 Å². The molecule has 0 bridgehead atoms. The van der Waals surface area contributed by atoms with Crippen LogP contribution in [0.3, 0.4) is 0 Å². The zero-order chi connectivity index (χ0) is 34.2. The van der Waals surface area contributed by atoms with Crippen molar-refractivity contribution in [3.8, 4) is 0 Å². The third kappa shape index (κ3) is 55.8. The Labute approximate surface area is 253 Å². The van der Waals surface area contributed by atoms with Crippen LogP contribution in [0.4, 0.5) is 0 Å². The van der Waals surface area contributed by atoms with Crippen molar-refractivity contribution >= 4 is 17.9 Å². The zero-order valence-electron chi connectivity index (χ0n) is 25.0. The van der Waals surface area contributed by atoms with Crippen LogP contribution in [-0.2, 0) is 38.1 Å². The second-order valence-electron chi connectivity index (χ2n) is 7.46. The number of hydrogen-bond acceptors (Lipinski definition) is 13. The van der Waals surface area contributed by atoms with E-state index < -0.39 is 23.3 Å². The van der Waals surface area contributed by atoms with Gasteiger partial charge >= 0.3 is 17.9 Å².